The van der Waals surface area contributed by atoms with E-state index in [-0.39, 0.29) is 11.0 Å². The lowest BCUT2D eigenvalue weighted by atomic mass is 9.96. The van der Waals surface area contributed by atoms with Crippen molar-refractivity contribution in [2.45, 2.75) is 40.0 Å². The molecular weight excluding hydrogens is 220 g/mol. The van der Waals surface area contributed by atoms with E-state index in [1.54, 1.807) is 11.3 Å². The number of hydrogen-bond acceptors (Lipinski definition) is 3. The average Bonchev–Trinajstić information content (AvgIpc) is 2.41. The summed E-state index contributed by atoms with van der Waals surface area (Å²) in [6.07, 6.45) is 0. The number of aromatic amines is 1. The number of aromatic nitrogens is 2. The van der Waals surface area contributed by atoms with E-state index in [0.717, 1.165) is 21.6 Å². The molecule has 0 spiro atoms. The summed E-state index contributed by atoms with van der Waals surface area (Å²) >= 11 is 1.59. The molecule has 0 atom stereocenters. The van der Waals surface area contributed by atoms with Crippen molar-refractivity contribution in [1.82, 2.24) is 9.97 Å². The van der Waals surface area contributed by atoms with Crippen molar-refractivity contribution < 1.29 is 0 Å². The van der Waals surface area contributed by atoms with E-state index >= 15 is 0 Å². The Hall–Kier alpha value is -1.16. The first kappa shape index (κ1) is 11.3. The number of fused-ring (bicyclic) bond motifs is 1. The highest BCUT2D eigenvalue weighted by atomic mass is 32.1. The van der Waals surface area contributed by atoms with Crippen LogP contribution < -0.4 is 5.56 Å². The summed E-state index contributed by atoms with van der Waals surface area (Å²) in [6, 6.07) is 0. The minimum atomic E-state index is -0.126. The second-order valence-corrected chi connectivity index (χ2v) is 6.33. The van der Waals surface area contributed by atoms with Crippen molar-refractivity contribution in [3.63, 3.8) is 0 Å². The van der Waals surface area contributed by atoms with Gasteiger partial charge in [-0.1, -0.05) is 20.8 Å². The Kier molecular flexibility index (Phi) is 2.42. The van der Waals surface area contributed by atoms with E-state index in [1.165, 1.54) is 4.88 Å². The van der Waals surface area contributed by atoms with Gasteiger partial charge in [0.25, 0.3) is 5.56 Å². The van der Waals surface area contributed by atoms with Gasteiger partial charge in [-0.05, 0) is 19.4 Å². The van der Waals surface area contributed by atoms with Crippen molar-refractivity contribution >= 4 is 21.6 Å². The zero-order valence-electron chi connectivity index (χ0n) is 10.3. The van der Waals surface area contributed by atoms with E-state index in [9.17, 15) is 4.79 Å². The molecule has 0 fully saturated rings. The van der Waals surface area contributed by atoms with Crippen molar-refractivity contribution in [3.8, 4) is 0 Å². The molecule has 0 saturated carbocycles. The molecule has 2 aromatic rings. The third-order valence-corrected chi connectivity index (χ3v) is 3.85. The van der Waals surface area contributed by atoms with Crippen LogP contribution in [0.1, 0.15) is 37.0 Å². The van der Waals surface area contributed by atoms with Gasteiger partial charge in [-0.15, -0.1) is 11.3 Å². The van der Waals surface area contributed by atoms with Gasteiger partial charge in [0.1, 0.15) is 10.7 Å². The van der Waals surface area contributed by atoms with Crippen molar-refractivity contribution in [1.29, 1.82) is 0 Å². The average molecular weight is 236 g/mol. The largest absolute Gasteiger partial charge is 0.309 e. The molecule has 16 heavy (non-hydrogen) atoms. The predicted molar refractivity (Wildman–Crippen MR) is 68.4 cm³/mol. The van der Waals surface area contributed by atoms with Gasteiger partial charge in [0.05, 0.1) is 5.39 Å². The van der Waals surface area contributed by atoms with Gasteiger partial charge in [0.2, 0.25) is 0 Å². The van der Waals surface area contributed by atoms with Crippen LogP contribution in [0.15, 0.2) is 4.79 Å². The van der Waals surface area contributed by atoms with Crippen molar-refractivity contribution in [2.75, 3.05) is 0 Å². The highest BCUT2D eigenvalue weighted by Gasteiger charge is 2.19. The van der Waals surface area contributed by atoms with E-state index < -0.39 is 0 Å². The van der Waals surface area contributed by atoms with E-state index in [4.69, 9.17) is 0 Å². The van der Waals surface area contributed by atoms with E-state index in [1.807, 2.05) is 34.6 Å². The molecule has 0 amide bonds. The minimum absolute atomic E-state index is 0.0169. The SMILES string of the molecule is Cc1sc2nc(C(C)(C)C)[nH]c(=O)c2c1C. The van der Waals surface area contributed by atoms with Gasteiger partial charge in [0.15, 0.2) is 0 Å². The zero-order valence-corrected chi connectivity index (χ0v) is 11.1. The second kappa shape index (κ2) is 3.42. The van der Waals surface area contributed by atoms with Crippen molar-refractivity contribution in [3.05, 3.63) is 26.6 Å². The summed E-state index contributed by atoms with van der Waals surface area (Å²) in [5.41, 5.74) is 0.907. The van der Waals surface area contributed by atoms with Gasteiger partial charge >= 0.3 is 0 Å². The monoisotopic (exact) mass is 236 g/mol. The van der Waals surface area contributed by atoms with Gasteiger partial charge < -0.3 is 4.98 Å². The fourth-order valence-electron chi connectivity index (χ4n) is 1.61. The van der Waals surface area contributed by atoms with Gasteiger partial charge in [-0.25, -0.2) is 4.98 Å². The Morgan fingerprint density at radius 3 is 2.44 bits per heavy atom. The number of hydrogen-bond donors (Lipinski definition) is 1. The summed E-state index contributed by atoms with van der Waals surface area (Å²) in [5, 5.41) is 0.746. The number of nitrogens with zero attached hydrogens (tertiary/aromatic N) is 1. The molecule has 86 valence electrons. The standard InChI is InChI=1S/C12H16N2OS/c1-6-7(2)16-10-8(6)9(15)13-11(14-10)12(3,4)5/h1-5H3,(H,13,14,15). The molecule has 0 radical (unpaired) electrons. The third kappa shape index (κ3) is 1.67. The van der Waals surface area contributed by atoms with E-state index in [0.29, 0.717) is 0 Å². The van der Waals surface area contributed by atoms with Crippen LogP contribution in [0, 0.1) is 13.8 Å². The molecule has 2 heterocycles. The fourth-order valence-corrected chi connectivity index (χ4v) is 2.64. The molecule has 3 nitrogen and oxygen atoms in total. The summed E-state index contributed by atoms with van der Waals surface area (Å²) in [7, 11) is 0. The number of H-pyrrole nitrogens is 1. The molecule has 2 aromatic heterocycles. The normalized spacial score (nSPS) is 12.3. The smallest absolute Gasteiger partial charge is 0.259 e. The molecule has 4 heteroatoms. The van der Waals surface area contributed by atoms with Gasteiger partial charge in [0, 0.05) is 10.3 Å². The quantitative estimate of drug-likeness (QED) is 0.764. The highest BCUT2D eigenvalue weighted by Crippen LogP contribution is 2.27. The Bertz CT molecular complexity index is 602. The Labute approximate surface area is 98.5 Å². The van der Waals surface area contributed by atoms with Crippen LogP contribution in [0.2, 0.25) is 0 Å². The van der Waals surface area contributed by atoms with Crippen LogP contribution in [-0.2, 0) is 5.41 Å². The van der Waals surface area contributed by atoms with Crippen LogP contribution >= 0.6 is 11.3 Å². The maximum absolute atomic E-state index is 12.0. The van der Waals surface area contributed by atoms with Gasteiger partial charge in [-0.2, -0.15) is 0 Å². The summed E-state index contributed by atoms with van der Waals surface area (Å²) < 4.78 is 0. The predicted octanol–water partition coefficient (Wildman–Crippen LogP) is 2.90. The molecule has 0 saturated heterocycles. The van der Waals surface area contributed by atoms with Crippen molar-refractivity contribution in [2.24, 2.45) is 0 Å². The topological polar surface area (TPSA) is 45.8 Å². The van der Waals surface area contributed by atoms with Crippen LogP contribution in [-0.4, -0.2) is 9.97 Å². The molecular formula is C12H16N2OS. The minimum Gasteiger partial charge on any atom is -0.309 e. The molecule has 0 unspecified atom stereocenters. The first-order valence-corrected chi connectivity index (χ1v) is 6.13. The van der Waals surface area contributed by atoms with Crippen LogP contribution in [0.4, 0.5) is 0 Å². The molecule has 0 bridgehead atoms. The molecule has 0 aliphatic carbocycles. The number of aryl methyl sites for hydroxylation is 2. The molecule has 2 rings (SSSR count). The van der Waals surface area contributed by atoms with E-state index in [2.05, 4.69) is 9.97 Å². The zero-order chi connectivity index (χ0) is 12.1. The number of nitrogens with one attached hydrogen (secondary N) is 1. The lowest BCUT2D eigenvalue weighted by molar-refractivity contribution is 0.546. The maximum atomic E-state index is 12.0. The molecule has 0 aromatic carbocycles. The number of thiophene rings is 1. The fraction of sp³-hybridized carbons (Fsp3) is 0.500. The summed E-state index contributed by atoms with van der Waals surface area (Å²) in [4.78, 5) is 21.4. The Balaban J connectivity index is 2.84. The molecule has 1 N–H and O–H groups in total. The summed E-state index contributed by atoms with van der Waals surface area (Å²) in [6.45, 7) is 10.1. The molecule has 0 aliphatic rings. The first-order valence-electron chi connectivity index (χ1n) is 5.31. The lowest BCUT2D eigenvalue weighted by Crippen LogP contribution is -2.21. The highest BCUT2D eigenvalue weighted by molar-refractivity contribution is 7.18. The lowest BCUT2D eigenvalue weighted by Gasteiger charge is -2.16. The van der Waals surface area contributed by atoms with Crippen LogP contribution in [0.3, 0.4) is 0 Å². The number of rotatable bonds is 0. The Morgan fingerprint density at radius 2 is 1.88 bits per heavy atom. The first-order chi connectivity index (χ1) is 7.30. The van der Waals surface area contributed by atoms with Crippen LogP contribution in [0.5, 0.6) is 0 Å². The molecule has 0 aliphatic heterocycles. The summed E-state index contributed by atoms with van der Waals surface area (Å²) in [5.74, 6) is 0.756. The Morgan fingerprint density at radius 1 is 1.25 bits per heavy atom. The maximum Gasteiger partial charge on any atom is 0.259 e. The second-order valence-electron chi connectivity index (χ2n) is 5.13. The third-order valence-electron chi connectivity index (χ3n) is 2.75. The van der Waals surface area contributed by atoms with Crippen LogP contribution in [0.25, 0.3) is 10.2 Å². The van der Waals surface area contributed by atoms with Gasteiger partial charge in [-0.3, -0.25) is 4.79 Å².